The van der Waals surface area contributed by atoms with Gasteiger partial charge in [-0.25, -0.2) is 13.2 Å². The molecular formula is C10H7O6S-. The topological polar surface area (TPSA) is 96.6 Å². The van der Waals surface area contributed by atoms with Crippen molar-refractivity contribution >= 4 is 21.4 Å². The number of hydrogen-bond donors (Lipinski definition) is 0. The summed E-state index contributed by atoms with van der Waals surface area (Å²) >= 11 is 0. The molecule has 1 heterocycles. The molecule has 0 unspecified atom stereocenters. The molecule has 0 spiro atoms. The van der Waals surface area contributed by atoms with Crippen molar-refractivity contribution < 1.29 is 21.6 Å². The first-order chi connectivity index (χ1) is 7.85. The molecule has 90 valence electrons. The Balaban J connectivity index is 2.62. The number of hydrogen-bond acceptors (Lipinski definition) is 6. The van der Waals surface area contributed by atoms with Gasteiger partial charge in [0, 0.05) is 17.5 Å². The van der Waals surface area contributed by atoms with Crippen LogP contribution >= 0.6 is 0 Å². The van der Waals surface area contributed by atoms with Gasteiger partial charge >= 0.3 is 5.63 Å². The summed E-state index contributed by atoms with van der Waals surface area (Å²) in [6.45, 7) is 1.71. The summed E-state index contributed by atoms with van der Waals surface area (Å²) in [5.74, 6) is -0.193. The quantitative estimate of drug-likeness (QED) is 0.450. The van der Waals surface area contributed by atoms with Gasteiger partial charge < -0.3 is 13.2 Å². The SMILES string of the molecule is Cc1cc(=O)oc2cc(OS(=O)(=O)[O-])ccc12. The molecule has 0 fully saturated rings. The normalized spacial score (nSPS) is 11.6. The van der Waals surface area contributed by atoms with Gasteiger partial charge in [-0.15, -0.1) is 0 Å². The molecule has 0 saturated heterocycles. The van der Waals surface area contributed by atoms with Crippen molar-refractivity contribution in [3.05, 3.63) is 40.2 Å². The van der Waals surface area contributed by atoms with Gasteiger partial charge in [0.1, 0.15) is 11.3 Å². The Bertz CT molecular complexity index is 728. The minimum Gasteiger partial charge on any atom is -0.716 e. The molecule has 0 aliphatic rings. The third-order valence-corrected chi connectivity index (χ3v) is 2.52. The van der Waals surface area contributed by atoms with Gasteiger partial charge in [-0.2, -0.15) is 0 Å². The molecule has 1 aromatic heterocycles. The van der Waals surface area contributed by atoms with E-state index in [0.29, 0.717) is 10.9 Å². The minimum atomic E-state index is -4.84. The third kappa shape index (κ3) is 2.63. The molecule has 17 heavy (non-hydrogen) atoms. The Labute approximate surface area is 96.4 Å². The second kappa shape index (κ2) is 3.86. The van der Waals surface area contributed by atoms with E-state index >= 15 is 0 Å². The zero-order valence-electron chi connectivity index (χ0n) is 8.67. The predicted octanol–water partition coefficient (Wildman–Crippen LogP) is 0.940. The van der Waals surface area contributed by atoms with E-state index in [-0.39, 0.29) is 11.3 Å². The highest BCUT2D eigenvalue weighted by Gasteiger charge is 2.05. The second-order valence-electron chi connectivity index (χ2n) is 3.40. The maximum atomic E-state index is 11.1. The summed E-state index contributed by atoms with van der Waals surface area (Å²) < 4.78 is 40.2. The molecule has 0 saturated carbocycles. The highest BCUT2D eigenvalue weighted by Crippen LogP contribution is 2.22. The molecule has 0 N–H and O–H groups in total. The van der Waals surface area contributed by atoms with Crippen LogP contribution in [0.1, 0.15) is 5.56 Å². The van der Waals surface area contributed by atoms with Crippen LogP contribution in [-0.2, 0) is 10.4 Å². The first-order valence-electron chi connectivity index (χ1n) is 4.55. The third-order valence-electron chi connectivity index (χ3n) is 2.12. The molecule has 2 aromatic rings. The van der Waals surface area contributed by atoms with E-state index in [4.69, 9.17) is 4.42 Å². The fraction of sp³-hybridized carbons (Fsp3) is 0.100. The first-order valence-corrected chi connectivity index (χ1v) is 5.88. The fourth-order valence-electron chi connectivity index (χ4n) is 1.47. The van der Waals surface area contributed by atoms with Crippen LogP contribution in [0.3, 0.4) is 0 Å². The van der Waals surface area contributed by atoms with E-state index in [1.807, 2.05) is 0 Å². The first kappa shape index (κ1) is 11.6. The van der Waals surface area contributed by atoms with Gasteiger partial charge in [-0.05, 0) is 24.6 Å². The average Bonchev–Trinajstić information content (AvgIpc) is 2.13. The predicted molar refractivity (Wildman–Crippen MR) is 57.5 cm³/mol. The van der Waals surface area contributed by atoms with Crippen LogP contribution in [0.5, 0.6) is 5.75 Å². The molecule has 0 radical (unpaired) electrons. The summed E-state index contributed by atoms with van der Waals surface area (Å²) in [6.07, 6.45) is 0. The lowest BCUT2D eigenvalue weighted by Crippen LogP contribution is -2.07. The van der Waals surface area contributed by atoms with Gasteiger partial charge in [0.05, 0.1) is 0 Å². The standard InChI is InChI=1S/C10H8O6S/c1-6-4-10(11)15-9-5-7(2-3-8(6)9)16-17(12,13)14/h2-5H,1H3,(H,12,13,14)/p-1. The maximum absolute atomic E-state index is 11.1. The molecule has 0 bridgehead atoms. The lowest BCUT2D eigenvalue weighted by molar-refractivity contribution is 0.372. The fourth-order valence-corrected chi connectivity index (χ4v) is 1.81. The van der Waals surface area contributed by atoms with Crippen LogP contribution in [0, 0.1) is 6.92 Å². The maximum Gasteiger partial charge on any atom is 0.336 e. The Morgan fingerprint density at radius 1 is 1.29 bits per heavy atom. The zero-order valence-corrected chi connectivity index (χ0v) is 9.48. The molecule has 1 aromatic carbocycles. The van der Waals surface area contributed by atoms with Gasteiger partial charge in [-0.3, -0.25) is 0 Å². The van der Waals surface area contributed by atoms with Crippen molar-refractivity contribution in [3.8, 4) is 5.75 Å². The van der Waals surface area contributed by atoms with Crippen molar-refractivity contribution in [1.82, 2.24) is 0 Å². The van der Waals surface area contributed by atoms with Gasteiger partial charge in [-0.1, -0.05) is 0 Å². The van der Waals surface area contributed by atoms with Gasteiger partial charge in [0.2, 0.25) is 0 Å². The largest absolute Gasteiger partial charge is 0.716 e. The Morgan fingerprint density at radius 2 is 2.00 bits per heavy atom. The van der Waals surface area contributed by atoms with Crippen molar-refractivity contribution in [2.45, 2.75) is 6.92 Å². The van der Waals surface area contributed by atoms with Crippen molar-refractivity contribution in [2.75, 3.05) is 0 Å². The molecule has 0 amide bonds. The van der Waals surface area contributed by atoms with Crippen molar-refractivity contribution in [1.29, 1.82) is 0 Å². The zero-order chi connectivity index (χ0) is 12.6. The highest BCUT2D eigenvalue weighted by molar-refractivity contribution is 7.81. The van der Waals surface area contributed by atoms with Gasteiger partial charge in [0.25, 0.3) is 10.4 Å². The number of rotatable bonds is 2. The van der Waals surface area contributed by atoms with Crippen LogP contribution in [0.4, 0.5) is 0 Å². The summed E-state index contributed by atoms with van der Waals surface area (Å²) in [5, 5.41) is 0.639. The van der Waals surface area contributed by atoms with Crippen LogP contribution < -0.4 is 9.81 Å². The monoisotopic (exact) mass is 255 g/mol. The Kier molecular flexibility index (Phi) is 2.64. The molecule has 0 aliphatic carbocycles. The van der Waals surface area contributed by atoms with E-state index < -0.39 is 16.0 Å². The van der Waals surface area contributed by atoms with E-state index in [1.165, 1.54) is 24.3 Å². The summed E-state index contributed by atoms with van der Waals surface area (Å²) in [4.78, 5) is 11.1. The lowest BCUT2D eigenvalue weighted by Gasteiger charge is -2.09. The Hall–Kier alpha value is -1.86. The van der Waals surface area contributed by atoms with E-state index in [9.17, 15) is 17.8 Å². The molecule has 2 rings (SSSR count). The van der Waals surface area contributed by atoms with Crippen LogP contribution in [0.2, 0.25) is 0 Å². The van der Waals surface area contributed by atoms with Gasteiger partial charge in [0.15, 0.2) is 0 Å². The van der Waals surface area contributed by atoms with Crippen LogP contribution in [-0.4, -0.2) is 13.0 Å². The van der Waals surface area contributed by atoms with Crippen LogP contribution in [0.25, 0.3) is 11.0 Å². The summed E-state index contributed by atoms with van der Waals surface area (Å²) in [6, 6.07) is 5.31. The van der Waals surface area contributed by atoms with Crippen molar-refractivity contribution in [2.24, 2.45) is 0 Å². The Morgan fingerprint density at radius 3 is 2.65 bits per heavy atom. The number of fused-ring (bicyclic) bond motifs is 1. The molecule has 0 atom stereocenters. The number of aryl methyl sites for hydroxylation is 1. The van der Waals surface area contributed by atoms with E-state index in [1.54, 1.807) is 6.92 Å². The number of benzene rings is 1. The van der Waals surface area contributed by atoms with Crippen molar-refractivity contribution in [3.63, 3.8) is 0 Å². The van der Waals surface area contributed by atoms with E-state index in [2.05, 4.69) is 4.18 Å². The highest BCUT2D eigenvalue weighted by atomic mass is 32.3. The summed E-state index contributed by atoms with van der Waals surface area (Å²) in [5.41, 5.74) is 0.293. The summed E-state index contributed by atoms with van der Waals surface area (Å²) in [7, 11) is -4.84. The van der Waals surface area contributed by atoms with E-state index in [0.717, 1.165) is 0 Å². The average molecular weight is 255 g/mol. The lowest BCUT2D eigenvalue weighted by atomic mass is 10.1. The molecule has 6 nitrogen and oxygen atoms in total. The molecule has 7 heteroatoms. The minimum absolute atomic E-state index is 0.163. The second-order valence-corrected chi connectivity index (χ2v) is 4.38. The molecule has 0 aliphatic heterocycles. The van der Waals surface area contributed by atoms with Crippen LogP contribution in [0.15, 0.2) is 33.5 Å². The molecular weight excluding hydrogens is 248 g/mol. The smallest absolute Gasteiger partial charge is 0.336 e.